The van der Waals surface area contributed by atoms with Crippen LogP contribution in [0.2, 0.25) is 21.0 Å². The summed E-state index contributed by atoms with van der Waals surface area (Å²) in [6.07, 6.45) is 19.2. The van der Waals surface area contributed by atoms with E-state index in [0.717, 1.165) is 33.2 Å². The van der Waals surface area contributed by atoms with Crippen LogP contribution in [-0.4, -0.2) is 13.3 Å². The topological polar surface area (TPSA) is 0 Å². The van der Waals surface area contributed by atoms with Crippen molar-refractivity contribution >= 4 is 13.3 Å². The molecule has 0 N–H and O–H groups in total. The summed E-state index contributed by atoms with van der Waals surface area (Å²) in [5, 5.41) is 0. The first-order valence-electron chi connectivity index (χ1n) is 6.91. The number of hydrogen-bond acceptors (Lipinski definition) is 0. The summed E-state index contributed by atoms with van der Waals surface area (Å²) in [6.45, 7) is 0. The summed E-state index contributed by atoms with van der Waals surface area (Å²) in [7, 11) is 0. The number of hydrogen-bond donors (Lipinski definition) is 0. The zero-order chi connectivity index (χ0) is 11.6. The minimum atomic E-state index is -1.65. The molecule has 2 bridgehead atoms. The van der Waals surface area contributed by atoms with Crippen molar-refractivity contribution in [1.82, 2.24) is 0 Å². The van der Waals surface area contributed by atoms with Crippen molar-refractivity contribution < 1.29 is 0 Å². The Morgan fingerprint density at radius 1 is 0.588 bits per heavy atom. The molecule has 0 amide bonds. The minimum absolute atomic E-state index is 0.873. The van der Waals surface area contributed by atoms with Gasteiger partial charge in [-0.05, 0) is 0 Å². The quantitative estimate of drug-likeness (QED) is 0.586. The van der Waals surface area contributed by atoms with E-state index in [1.54, 1.807) is 0 Å². The molecule has 0 saturated carbocycles. The van der Waals surface area contributed by atoms with Gasteiger partial charge in [0.2, 0.25) is 0 Å². The molecule has 0 spiro atoms. The average molecular weight is 285 g/mol. The van der Waals surface area contributed by atoms with Crippen LogP contribution < -0.4 is 0 Å². The van der Waals surface area contributed by atoms with Crippen molar-refractivity contribution in [1.29, 1.82) is 0 Å². The first-order valence-corrected chi connectivity index (χ1v) is 13.5. The molecule has 2 heterocycles. The van der Waals surface area contributed by atoms with Crippen LogP contribution in [0.3, 0.4) is 0 Å². The third-order valence-electron chi connectivity index (χ3n) is 5.82. The van der Waals surface area contributed by atoms with E-state index in [0.29, 0.717) is 0 Å². The molecule has 4 rings (SSSR count). The Morgan fingerprint density at radius 2 is 0.882 bits per heavy atom. The molecule has 17 heavy (non-hydrogen) atoms. The number of fused-ring (bicyclic) bond motifs is 8. The Hall–Kier alpha value is -0.497. The van der Waals surface area contributed by atoms with E-state index in [9.17, 15) is 0 Å². The van der Waals surface area contributed by atoms with Crippen molar-refractivity contribution in [2.45, 2.75) is 21.0 Å². The second kappa shape index (κ2) is 3.29. The normalized spacial score (nSPS) is 51.6. The van der Waals surface area contributed by atoms with E-state index >= 15 is 0 Å². The van der Waals surface area contributed by atoms with Crippen LogP contribution in [0.5, 0.6) is 0 Å². The van der Waals surface area contributed by atoms with Crippen molar-refractivity contribution in [3.63, 3.8) is 0 Å². The monoisotopic (exact) mass is 286 g/mol. The summed E-state index contributed by atoms with van der Waals surface area (Å²) in [4.78, 5) is 0. The van der Waals surface area contributed by atoms with Crippen LogP contribution in [-0.2, 0) is 0 Å². The van der Waals surface area contributed by atoms with Gasteiger partial charge in [-0.15, -0.1) is 0 Å². The molecule has 2 aliphatic carbocycles. The first-order chi connectivity index (χ1) is 8.21. The summed E-state index contributed by atoms with van der Waals surface area (Å²) < 4.78 is 2.05. The average Bonchev–Trinajstić information content (AvgIpc) is 2.71. The van der Waals surface area contributed by atoms with Crippen molar-refractivity contribution in [3.8, 4) is 0 Å². The molecule has 2 fully saturated rings. The maximum absolute atomic E-state index is 2.69. The third kappa shape index (κ3) is 1.15. The second-order valence-corrected chi connectivity index (χ2v) is 17.2. The van der Waals surface area contributed by atoms with E-state index in [-0.39, 0.29) is 0 Å². The Balaban J connectivity index is 1.86. The van der Waals surface area contributed by atoms with Gasteiger partial charge < -0.3 is 0 Å². The van der Waals surface area contributed by atoms with Gasteiger partial charge >= 0.3 is 107 Å². The summed E-state index contributed by atoms with van der Waals surface area (Å²) in [5.41, 5.74) is 0. The Labute approximate surface area is 107 Å². The van der Waals surface area contributed by atoms with E-state index in [2.05, 4.69) is 60.1 Å². The molecule has 0 radical (unpaired) electrons. The first kappa shape index (κ1) is 10.4. The molecule has 2 aliphatic heterocycles. The Bertz CT molecular complexity index is 388. The van der Waals surface area contributed by atoms with E-state index in [1.165, 1.54) is 0 Å². The molecule has 0 aromatic carbocycles. The molecule has 0 aromatic heterocycles. The van der Waals surface area contributed by atoms with Gasteiger partial charge in [-0.2, -0.15) is 0 Å². The SMILES string of the molecule is [CH3][Ge]1([CH3])[CH]2C3C=CC=CC3[CH]1C1C=CC=CC12. The van der Waals surface area contributed by atoms with Crippen LogP contribution >= 0.6 is 0 Å². The van der Waals surface area contributed by atoms with Crippen LogP contribution in [0.4, 0.5) is 0 Å². The molecule has 0 nitrogen and oxygen atoms in total. The van der Waals surface area contributed by atoms with Crippen molar-refractivity contribution in [2.75, 3.05) is 0 Å². The molecular formula is C16H20Ge. The summed E-state index contributed by atoms with van der Waals surface area (Å²) >= 11 is -1.65. The fraction of sp³-hybridized carbons (Fsp3) is 0.500. The molecule has 0 aromatic rings. The number of allylic oxidation sites excluding steroid dienone is 8. The van der Waals surface area contributed by atoms with Crippen molar-refractivity contribution in [2.24, 2.45) is 23.7 Å². The maximum atomic E-state index is 2.69. The standard InChI is InChI=1S/C16H20Ge/c1-17(2)15-11-7-3-4-8-12(11)16(17)14-10-6-5-9-13(14)15/h3-16H,1-2H3. The van der Waals surface area contributed by atoms with Crippen LogP contribution in [0.1, 0.15) is 0 Å². The fourth-order valence-corrected chi connectivity index (χ4v) is 17.5. The third-order valence-corrected chi connectivity index (χ3v) is 16.3. The molecule has 88 valence electrons. The van der Waals surface area contributed by atoms with Gasteiger partial charge in [0, 0.05) is 0 Å². The summed E-state index contributed by atoms with van der Waals surface area (Å²) in [6, 6.07) is 0. The van der Waals surface area contributed by atoms with Gasteiger partial charge in [-0.25, -0.2) is 0 Å². The predicted octanol–water partition coefficient (Wildman–Crippen LogP) is 4.18. The molecule has 4 unspecified atom stereocenters. The number of rotatable bonds is 0. The van der Waals surface area contributed by atoms with Gasteiger partial charge in [0.15, 0.2) is 0 Å². The fourth-order valence-electron chi connectivity index (χ4n) is 5.44. The van der Waals surface area contributed by atoms with E-state index in [4.69, 9.17) is 0 Å². The molecule has 1 heteroatoms. The van der Waals surface area contributed by atoms with Crippen molar-refractivity contribution in [3.05, 3.63) is 48.6 Å². The van der Waals surface area contributed by atoms with Gasteiger partial charge in [0.25, 0.3) is 0 Å². The van der Waals surface area contributed by atoms with Crippen LogP contribution in [0.25, 0.3) is 0 Å². The molecule has 4 atom stereocenters. The van der Waals surface area contributed by atoms with Crippen LogP contribution in [0.15, 0.2) is 48.6 Å². The summed E-state index contributed by atoms with van der Waals surface area (Å²) in [5.74, 6) is 8.87. The van der Waals surface area contributed by atoms with E-state index < -0.39 is 13.3 Å². The van der Waals surface area contributed by atoms with Gasteiger partial charge in [-0.1, -0.05) is 0 Å². The Kier molecular flexibility index (Phi) is 2.02. The van der Waals surface area contributed by atoms with E-state index in [1.807, 2.05) is 0 Å². The van der Waals surface area contributed by atoms with Gasteiger partial charge in [0.1, 0.15) is 0 Å². The molecular weight excluding hydrogens is 265 g/mol. The Morgan fingerprint density at radius 3 is 1.18 bits per heavy atom. The predicted molar refractivity (Wildman–Crippen MR) is 75.5 cm³/mol. The second-order valence-electron chi connectivity index (χ2n) is 6.72. The molecule has 2 saturated heterocycles. The van der Waals surface area contributed by atoms with Gasteiger partial charge in [-0.3, -0.25) is 0 Å². The molecule has 4 aliphatic rings. The zero-order valence-electron chi connectivity index (χ0n) is 10.6. The van der Waals surface area contributed by atoms with Crippen LogP contribution in [0, 0.1) is 23.7 Å². The zero-order valence-corrected chi connectivity index (χ0v) is 12.7. The van der Waals surface area contributed by atoms with Gasteiger partial charge in [0.05, 0.1) is 0 Å².